The van der Waals surface area contributed by atoms with Gasteiger partial charge in [0, 0.05) is 36.9 Å². The summed E-state index contributed by atoms with van der Waals surface area (Å²) in [6.07, 6.45) is -2.26. The van der Waals surface area contributed by atoms with Crippen LogP contribution in [-0.4, -0.2) is 47.7 Å². The minimum Gasteiger partial charge on any atom is -0.475 e. The number of carbonyl (C=O) groups excluding carboxylic acids is 1. The van der Waals surface area contributed by atoms with E-state index in [1.54, 1.807) is 0 Å². The lowest BCUT2D eigenvalue weighted by Crippen LogP contribution is -2.40. The first kappa shape index (κ1) is 22.6. The second-order valence-corrected chi connectivity index (χ2v) is 9.57. The van der Waals surface area contributed by atoms with Crippen LogP contribution in [0.25, 0.3) is 0 Å². The van der Waals surface area contributed by atoms with Crippen molar-refractivity contribution in [3.05, 3.63) is 35.4 Å². The number of hydrogen-bond acceptors (Lipinski definition) is 3. The van der Waals surface area contributed by atoms with Gasteiger partial charge in [0.1, 0.15) is 0 Å². The highest BCUT2D eigenvalue weighted by Crippen LogP contribution is 2.50. The molecule has 2 aliphatic carbocycles. The maximum atomic E-state index is 12.6. The summed E-state index contributed by atoms with van der Waals surface area (Å²) < 4.78 is 31.7. The lowest BCUT2D eigenvalue weighted by Gasteiger charge is -2.26. The number of benzene rings is 1. The van der Waals surface area contributed by atoms with Gasteiger partial charge in [0.2, 0.25) is 5.91 Å². The van der Waals surface area contributed by atoms with Crippen LogP contribution in [0.5, 0.6) is 0 Å². The van der Waals surface area contributed by atoms with Gasteiger partial charge in [-0.2, -0.15) is 13.2 Å². The number of aliphatic carboxylic acids is 1. The highest BCUT2D eigenvalue weighted by Gasteiger charge is 2.47. The van der Waals surface area contributed by atoms with E-state index in [0.29, 0.717) is 11.8 Å². The van der Waals surface area contributed by atoms with Crippen molar-refractivity contribution in [3.8, 4) is 0 Å². The van der Waals surface area contributed by atoms with Gasteiger partial charge < -0.3 is 15.3 Å². The molecule has 3 atom stereocenters. The number of hydrogen-bond donors (Lipinski definition) is 2. The molecule has 1 aromatic carbocycles. The highest BCUT2D eigenvalue weighted by molar-refractivity contribution is 5.82. The van der Waals surface area contributed by atoms with Gasteiger partial charge in [0.15, 0.2) is 0 Å². The van der Waals surface area contributed by atoms with Crippen LogP contribution in [0.4, 0.5) is 13.2 Å². The van der Waals surface area contributed by atoms with Gasteiger partial charge in [-0.25, -0.2) is 4.79 Å². The van der Waals surface area contributed by atoms with E-state index in [1.165, 1.54) is 37.1 Å². The molecule has 3 aliphatic rings. The summed E-state index contributed by atoms with van der Waals surface area (Å²) in [4.78, 5) is 24.1. The number of rotatable bonds is 3. The molecule has 1 amide bonds. The van der Waals surface area contributed by atoms with Crippen molar-refractivity contribution in [2.75, 3.05) is 19.6 Å². The van der Waals surface area contributed by atoms with Crippen molar-refractivity contribution < 1.29 is 27.9 Å². The second kappa shape index (κ2) is 8.21. The first-order valence-corrected chi connectivity index (χ1v) is 10.3. The van der Waals surface area contributed by atoms with Crippen molar-refractivity contribution in [2.24, 2.45) is 17.3 Å². The average Bonchev–Trinajstić information content (AvgIpc) is 3.28. The highest BCUT2D eigenvalue weighted by atomic mass is 19.4. The number of alkyl halides is 3. The molecule has 166 valence electrons. The van der Waals surface area contributed by atoms with Crippen LogP contribution in [0.15, 0.2) is 24.3 Å². The standard InChI is InChI=1S/C20H28N2O.C2HF3O2/c1-20(2,3)19(23)21-18-15-7-5-4-6-14(15)16-11-22(12-17(16)18)10-13-8-9-13;3-2(4,5)1(6)7/h4-7,13,16-18H,8-12H2,1-3H3,(H,21,23);(H,6,7)/t16-,17-,18+;/m0./s1. The Balaban J connectivity index is 0.000000318. The van der Waals surface area contributed by atoms with Crippen molar-refractivity contribution in [2.45, 2.75) is 51.7 Å². The Morgan fingerprint density at radius 1 is 1.10 bits per heavy atom. The fourth-order valence-corrected chi connectivity index (χ4v) is 4.30. The van der Waals surface area contributed by atoms with Crippen LogP contribution >= 0.6 is 0 Å². The Morgan fingerprint density at radius 2 is 1.67 bits per heavy atom. The zero-order chi connectivity index (χ0) is 22.3. The van der Waals surface area contributed by atoms with Gasteiger partial charge >= 0.3 is 12.1 Å². The molecule has 1 aromatic rings. The fourth-order valence-electron chi connectivity index (χ4n) is 4.30. The number of likely N-dealkylation sites (tertiary alicyclic amines) is 1. The Kier molecular flexibility index (Phi) is 6.18. The number of carbonyl (C=O) groups is 2. The smallest absolute Gasteiger partial charge is 0.475 e. The summed E-state index contributed by atoms with van der Waals surface area (Å²) in [5.41, 5.74) is 2.49. The van der Waals surface area contributed by atoms with Crippen molar-refractivity contribution >= 4 is 11.9 Å². The minimum absolute atomic E-state index is 0.165. The molecule has 1 aliphatic heterocycles. The molecule has 1 saturated heterocycles. The van der Waals surface area contributed by atoms with Crippen LogP contribution in [-0.2, 0) is 9.59 Å². The minimum atomic E-state index is -5.08. The summed E-state index contributed by atoms with van der Waals surface area (Å²) in [5, 5.41) is 10.5. The molecule has 2 fully saturated rings. The Labute approximate surface area is 174 Å². The van der Waals surface area contributed by atoms with Crippen LogP contribution in [0.2, 0.25) is 0 Å². The number of nitrogens with zero attached hydrogens (tertiary/aromatic N) is 1. The molecule has 0 bridgehead atoms. The molecule has 0 spiro atoms. The Hall–Kier alpha value is -2.09. The summed E-state index contributed by atoms with van der Waals surface area (Å²) in [5.74, 6) is -0.523. The average molecular weight is 426 g/mol. The quantitative estimate of drug-likeness (QED) is 0.768. The lowest BCUT2D eigenvalue weighted by atomic mass is 9.91. The maximum absolute atomic E-state index is 12.6. The zero-order valence-corrected chi connectivity index (χ0v) is 17.5. The molecule has 4 rings (SSSR count). The largest absolute Gasteiger partial charge is 0.490 e. The van der Waals surface area contributed by atoms with E-state index < -0.39 is 12.1 Å². The number of nitrogens with one attached hydrogen (secondary N) is 1. The van der Waals surface area contributed by atoms with Crippen molar-refractivity contribution in [1.82, 2.24) is 10.2 Å². The van der Waals surface area contributed by atoms with Crippen molar-refractivity contribution in [3.63, 3.8) is 0 Å². The third kappa shape index (κ3) is 5.14. The third-order valence-electron chi connectivity index (χ3n) is 6.02. The van der Waals surface area contributed by atoms with E-state index in [0.717, 1.165) is 12.5 Å². The second-order valence-electron chi connectivity index (χ2n) is 9.57. The van der Waals surface area contributed by atoms with E-state index in [1.807, 2.05) is 20.8 Å². The lowest BCUT2D eigenvalue weighted by molar-refractivity contribution is -0.192. The van der Waals surface area contributed by atoms with Gasteiger partial charge in [0.05, 0.1) is 6.04 Å². The fraction of sp³-hybridized carbons (Fsp3) is 0.636. The topological polar surface area (TPSA) is 69.6 Å². The van der Waals surface area contributed by atoms with Crippen LogP contribution in [0.3, 0.4) is 0 Å². The number of carboxylic acids is 1. The van der Waals surface area contributed by atoms with Crippen LogP contribution in [0, 0.1) is 17.3 Å². The molecule has 1 saturated carbocycles. The third-order valence-corrected chi connectivity index (χ3v) is 6.02. The first-order chi connectivity index (χ1) is 13.9. The van der Waals surface area contributed by atoms with Crippen LogP contribution in [0.1, 0.15) is 56.7 Å². The van der Waals surface area contributed by atoms with E-state index in [4.69, 9.17) is 9.90 Å². The molecule has 2 N–H and O–H groups in total. The van der Waals surface area contributed by atoms with E-state index >= 15 is 0 Å². The monoisotopic (exact) mass is 426 g/mol. The van der Waals surface area contributed by atoms with Crippen molar-refractivity contribution in [1.29, 1.82) is 0 Å². The normalized spacial score (nSPS) is 25.7. The number of halogens is 3. The predicted molar refractivity (Wildman–Crippen MR) is 106 cm³/mol. The summed E-state index contributed by atoms with van der Waals surface area (Å²) in [6.45, 7) is 9.54. The zero-order valence-electron chi connectivity index (χ0n) is 17.5. The summed E-state index contributed by atoms with van der Waals surface area (Å²) in [7, 11) is 0. The SMILES string of the molecule is CC(C)(C)C(=O)N[C@@H]1c2ccccc2[C@@H]2CN(CC3CC3)C[C@H]12.O=C(O)C(F)(F)F. The molecule has 5 nitrogen and oxygen atoms in total. The Bertz CT molecular complexity index is 800. The summed E-state index contributed by atoms with van der Waals surface area (Å²) in [6, 6.07) is 8.93. The molecule has 1 heterocycles. The predicted octanol–water partition coefficient (Wildman–Crippen LogP) is 3.96. The van der Waals surface area contributed by atoms with E-state index in [9.17, 15) is 18.0 Å². The maximum Gasteiger partial charge on any atom is 0.490 e. The van der Waals surface area contributed by atoms with Gasteiger partial charge in [-0.15, -0.1) is 0 Å². The molecule has 8 heteroatoms. The van der Waals surface area contributed by atoms with E-state index in [2.05, 4.69) is 34.5 Å². The summed E-state index contributed by atoms with van der Waals surface area (Å²) >= 11 is 0. The first-order valence-electron chi connectivity index (χ1n) is 10.3. The number of carboxylic acid groups (broad SMARTS) is 1. The van der Waals surface area contributed by atoms with Gasteiger partial charge in [-0.1, -0.05) is 45.0 Å². The van der Waals surface area contributed by atoms with Gasteiger partial charge in [-0.3, -0.25) is 4.79 Å². The number of amides is 1. The molecular formula is C22H29F3N2O3. The van der Waals surface area contributed by atoms with E-state index in [-0.39, 0.29) is 17.4 Å². The molecule has 0 aromatic heterocycles. The van der Waals surface area contributed by atoms with Gasteiger partial charge in [-0.05, 0) is 29.9 Å². The molecule has 0 unspecified atom stereocenters. The van der Waals surface area contributed by atoms with Crippen LogP contribution < -0.4 is 5.32 Å². The molecule has 0 radical (unpaired) electrons. The number of fused-ring (bicyclic) bond motifs is 3. The van der Waals surface area contributed by atoms with Gasteiger partial charge in [0.25, 0.3) is 0 Å². The molecule has 30 heavy (non-hydrogen) atoms. The molecular weight excluding hydrogens is 397 g/mol. The Morgan fingerprint density at radius 3 is 2.17 bits per heavy atom.